The fraction of sp³-hybridized carbons (Fsp3) is 0.500. The molecule has 2 aromatic heterocycles. The number of hydrogen-bond acceptors (Lipinski definition) is 4. The molecule has 142 valence electrons. The van der Waals surface area contributed by atoms with Gasteiger partial charge >= 0.3 is 11.9 Å². The highest BCUT2D eigenvalue weighted by Gasteiger charge is 2.27. The van der Waals surface area contributed by atoms with Gasteiger partial charge in [0.1, 0.15) is 11.4 Å². The standard InChI is InChI=1S/C20H28N2O4/c1-7-11-13(9-3)17(19(23)25-5)21-15(11)16-12(8-2)14(10-4)18(22-16)20(24)26-6/h21-22H,7-10H2,1-6H3. The van der Waals surface area contributed by atoms with Crippen LogP contribution in [0.3, 0.4) is 0 Å². The molecule has 6 nitrogen and oxygen atoms in total. The Kier molecular flexibility index (Phi) is 6.29. The summed E-state index contributed by atoms with van der Waals surface area (Å²) in [5.74, 6) is -0.757. The lowest BCUT2D eigenvalue weighted by Gasteiger charge is -2.06. The van der Waals surface area contributed by atoms with Crippen LogP contribution >= 0.6 is 0 Å². The van der Waals surface area contributed by atoms with Crippen molar-refractivity contribution in [2.24, 2.45) is 0 Å². The van der Waals surface area contributed by atoms with Gasteiger partial charge in [-0.05, 0) is 47.9 Å². The molecule has 0 fully saturated rings. The molecule has 0 unspecified atom stereocenters. The zero-order valence-electron chi connectivity index (χ0n) is 16.5. The molecular formula is C20H28N2O4. The van der Waals surface area contributed by atoms with Crippen LogP contribution in [-0.4, -0.2) is 36.1 Å². The Morgan fingerprint density at radius 2 is 0.962 bits per heavy atom. The molecule has 6 heteroatoms. The Labute approximate surface area is 154 Å². The summed E-state index contributed by atoms with van der Waals surface area (Å²) in [5, 5.41) is 0. The van der Waals surface area contributed by atoms with E-state index in [-0.39, 0.29) is 11.9 Å². The van der Waals surface area contributed by atoms with Crippen LogP contribution in [0.25, 0.3) is 11.4 Å². The van der Waals surface area contributed by atoms with E-state index in [2.05, 4.69) is 23.8 Å². The van der Waals surface area contributed by atoms with Gasteiger partial charge in [0.25, 0.3) is 0 Å². The van der Waals surface area contributed by atoms with Crippen molar-refractivity contribution in [2.45, 2.75) is 53.4 Å². The summed E-state index contributed by atoms with van der Waals surface area (Å²) in [4.78, 5) is 30.9. The lowest BCUT2D eigenvalue weighted by Crippen LogP contribution is -2.05. The van der Waals surface area contributed by atoms with E-state index in [1.807, 2.05) is 13.8 Å². The monoisotopic (exact) mass is 360 g/mol. The van der Waals surface area contributed by atoms with Crippen LogP contribution in [-0.2, 0) is 35.2 Å². The average molecular weight is 360 g/mol. The van der Waals surface area contributed by atoms with E-state index >= 15 is 0 Å². The van der Waals surface area contributed by atoms with E-state index in [0.717, 1.165) is 59.3 Å². The van der Waals surface area contributed by atoms with E-state index < -0.39 is 0 Å². The Morgan fingerprint density at radius 1 is 0.654 bits per heavy atom. The molecule has 0 saturated carbocycles. The number of H-pyrrole nitrogens is 2. The molecule has 2 heterocycles. The zero-order valence-corrected chi connectivity index (χ0v) is 16.5. The largest absolute Gasteiger partial charge is 0.464 e. The van der Waals surface area contributed by atoms with Crippen LogP contribution in [0.2, 0.25) is 0 Å². The van der Waals surface area contributed by atoms with Gasteiger partial charge in [0.05, 0.1) is 25.6 Å². The molecule has 0 radical (unpaired) electrons. The van der Waals surface area contributed by atoms with E-state index in [4.69, 9.17) is 9.47 Å². The molecule has 2 aromatic rings. The maximum absolute atomic E-state index is 12.2. The Bertz CT molecular complexity index is 746. The molecule has 0 saturated heterocycles. The summed E-state index contributed by atoms with van der Waals surface area (Å²) in [5.41, 5.74) is 6.74. The third-order valence-corrected chi connectivity index (χ3v) is 4.88. The van der Waals surface area contributed by atoms with Gasteiger partial charge < -0.3 is 19.4 Å². The fourth-order valence-electron chi connectivity index (χ4n) is 3.70. The first kappa shape index (κ1) is 19.8. The van der Waals surface area contributed by atoms with Crippen LogP contribution in [0.5, 0.6) is 0 Å². The van der Waals surface area contributed by atoms with Gasteiger partial charge in [0.15, 0.2) is 0 Å². The molecule has 0 atom stereocenters. The highest BCUT2D eigenvalue weighted by Crippen LogP contribution is 2.35. The maximum atomic E-state index is 12.2. The van der Waals surface area contributed by atoms with Crippen LogP contribution in [0.15, 0.2) is 0 Å². The number of esters is 2. The molecule has 2 N–H and O–H groups in total. The number of aromatic amines is 2. The number of aromatic nitrogens is 2. The first-order valence-electron chi connectivity index (χ1n) is 9.13. The van der Waals surface area contributed by atoms with Gasteiger partial charge in [-0.15, -0.1) is 0 Å². The second kappa shape index (κ2) is 8.25. The van der Waals surface area contributed by atoms with Gasteiger partial charge in [0.2, 0.25) is 0 Å². The minimum Gasteiger partial charge on any atom is -0.464 e. The molecule has 0 spiro atoms. The number of hydrogen-bond donors (Lipinski definition) is 2. The summed E-state index contributed by atoms with van der Waals surface area (Å²) < 4.78 is 9.87. The van der Waals surface area contributed by atoms with Crippen LogP contribution < -0.4 is 0 Å². The molecule has 2 rings (SSSR count). The summed E-state index contributed by atoms with van der Waals surface area (Å²) in [6.07, 6.45) is 2.97. The van der Waals surface area contributed by atoms with Crippen molar-refractivity contribution in [3.63, 3.8) is 0 Å². The first-order chi connectivity index (χ1) is 12.5. The van der Waals surface area contributed by atoms with Crippen molar-refractivity contribution in [1.82, 2.24) is 9.97 Å². The SMILES string of the molecule is CCc1c(C(=O)OC)[nH]c(-c2[nH]c(C(=O)OC)c(CC)c2CC)c1CC. The Morgan fingerprint density at radius 3 is 1.19 bits per heavy atom. The third-order valence-electron chi connectivity index (χ3n) is 4.88. The maximum Gasteiger partial charge on any atom is 0.354 e. The van der Waals surface area contributed by atoms with Crippen LogP contribution in [0.4, 0.5) is 0 Å². The third kappa shape index (κ3) is 3.16. The molecule has 0 aliphatic rings. The number of ether oxygens (including phenoxy) is 2. The number of nitrogens with one attached hydrogen (secondary N) is 2. The van der Waals surface area contributed by atoms with Crippen molar-refractivity contribution in [3.05, 3.63) is 33.6 Å². The second-order valence-corrected chi connectivity index (χ2v) is 6.06. The normalized spacial score (nSPS) is 10.8. The van der Waals surface area contributed by atoms with E-state index in [0.29, 0.717) is 11.4 Å². The highest BCUT2D eigenvalue weighted by atomic mass is 16.5. The van der Waals surface area contributed by atoms with Gasteiger partial charge in [0, 0.05) is 0 Å². The molecule has 0 aliphatic heterocycles. The zero-order chi connectivity index (χ0) is 19.4. The number of carbonyl (C=O) groups is 2. The Balaban J connectivity index is 2.79. The summed E-state index contributed by atoms with van der Waals surface area (Å²) in [6.45, 7) is 8.16. The van der Waals surface area contributed by atoms with Gasteiger partial charge in [-0.2, -0.15) is 0 Å². The Hall–Kier alpha value is -2.50. The van der Waals surface area contributed by atoms with Crippen LogP contribution in [0, 0.1) is 0 Å². The lowest BCUT2D eigenvalue weighted by atomic mass is 9.98. The molecule has 26 heavy (non-hydrogen) atoms. The molecule has 0 aliphatic carbocycles. The van der Waals surface area contributed by atoms with E-state index in [1.165, 1.54) is 14.2 Å². The van der Waals surface area contributed by atoms with Gasteiger partial charge in [-0.1, -0.05) is 27.7 Å². The van der Waals surface area contributed by atoms with Crippen molar-refractivity contribution in [3.8, 4) is 11.4 Å². The van der Waals surface area contributed by atoms with E-state index in [9.17, 15) is 9.59 Å². The smallest absolute Gasteiger partial charge is 0.354 e. The second-order valence-electron chi connectivity index (χ2n) is 6.06. The number of rotatable bonds is 7. The predicted molar refractivity (Wildman–Crippen MR) is 101 cm³/mol. The minimum atomic E-state index is -0.378. The van der Waals surface area contributed by atoms with Crippen molar-refractivity contribution in [1.29, 1.82) is 0 Å². The van der Waals surface area contributed by atoms with E-state index in [1.54, 1.807) is 0 Å². The van der Waals surface area contributed by atoms with Crippen LogP contribution in [0.1, 0.15) is 70.9 Å². The van der Waals surface area contributed by atoms with Gasteiger partial charge in [-0.25, -0.2) is 9.59 Å². The fourth-order valence-corrected chi connectivity index (χ4v) is 3.70. The first-order valence-corrected chi connectivity index (χ1v) is 9.13. The summed E-state index contributed by atoms with van der Waals surface area (Å²) >= 11 is 0. The number of methoxy groups -OCH3 is 2. The molecule has 0 aromatic carbocycles. The van der Waals surface area contributed by atoms with Crippen molar-refractivity contribution < 1.29 is 19.1 Å². The average Bonchev–Trinajstić information content (AvgIpc) is 3.23. The highest BCUT2D eigenvalue weighted by molar-refractivity contribution is 5.94. The minimum absolute atomic E-state index is 0.378. The number of carbonyl (C=O) groups excluding carboxylic acids is 2. The molecule has 0 bridgehead atoms. The topological polar surface area (TPSA) is 84.2 Å². The summed E-state index contributed by atoms with van der Waals surface area (Å²) in [7, 11) is 2.76. The molecule has 0 amide bonds. The van der Waals surface area contributed by atoms with Gasteiger partial charge in [-0.3, -0.25) is 0 Å². The predicted octanol–water partition coefficient (Wildman–Crippen LogP) is 3.83. The lowest BCUT2D eigenvalue weighted by molar-refractivity contribution is 0.0584. The molecular weight excluding hydrogens is 332 g/mol. The van der Waals surface area contributed by atoms with Crippen molar-refractivity contribution in [2.75, 3.05) is 14.2 Å². The quantitative estimate of drug-likeness (QED) is 0.735. The van der Waals surface area contributed by atoms with Crippen molar-refractivity contribution >= 4 is 11.9 Å². The summed E-state index contributed by atoms with van der Waals surface area (Å²) in [6, 6.07) is 0.